The van der Waals surface area contributed by atoms with E-state index in [9.17, 15) is 18.0 Å². The quantitative estimate of drug-likeness (QED) is 0.667. The van der Waals surface area contributed by atoms with Gasteiger partial charge in [-0.25, -0.2) is 13.2 Å². The van der Waals surface area contributed by atoms with E-state index in [1.165, 1.54) is 0 Å². The Kier molecular flexibility index (Phi) is 7.10. The first-order valence-corrected chi connectivity index (χ1v) is 11.2. The molecule has 1 aromatic carbocycles. The van der Waals surface area contributed by atoms with Gasteiger partial charge in [0.05, 0.1) is 18.6 Å². The van der Waals surface area contributed by atoms with Crippen LogP contribution in [0.5, 0.6) is 0 Å². The van der Waals surface area contributed by atoms with Crippen molar-refractivity contribution in [2.24, 2.45) is 0 Å². The van der Waals surface area contributed by atoms with E-state index in [-0.39, 0.29) is 12.5 Å². The van der Waals surface area contributed by atoms with Crippen LogP contribution in [0.4, 0.5) is 10.5 Å². The van der Waals surface area contributed by atoms with Crippen molar-refractivity contribution in [3.63, 3.8) is 0 Å². The Labute approximate surface area is 168 Å². The number of hydrogen-bond acceptors (Lipinski definition) is 5. The van der Waals surface area contributed by atoms with Crippen LogP contribution < -0.4 is 4.31 Å². The molecule has 0 aromatic heterocycles. The van der Waals surface area contributed by atoms with Gasteiger partial charge in [-0.05, 0) is 37.6 Å². The molecule has 0 bridgehead atoms. The second-order valence-corrected chi connectivity index (χ2v) is 9.03. The number of benzene rings is 1. The lowest BCUT2D eigenvalue weighted by atomic mass is 10.2. The normalized spacial score (nSPS) is 14.8. The Morgan fingerprint density at radius 1 is 1.19 bits per heavy atom. The first-order chi connectivity index (χ1) is 12.6. The van der Waals surface area contributed by atoms with Gasteiger partial charge in [-0.1, -0.05) is 15.9 Å². The number of carbonyl (C=O) groups is 2. The van der Waals surface area contributed by atoms with Crippen molar-refractivity contribution in [2.75, 3.05) is 49.9 Å². The number of piperazine rings is 1. The number of halogens is 1. The van der Waals surface area contributed by atoms with Crippen molar-refractivity contribution in [3.8, 4) is 0 Å². The molecule has 8 nitrogen and oxygen atoms in total. The largest absolute Gasteiger partial charge is 0.450 e. The predicted molar refractivity (Wildman–Crippen MR) is 106 cm³/mol. The van der Waals surface area contributed by atoms with E-state index < -0.39 is 16.1 Å². The molecule has 0 aliphatic carbocycles. The highest BCUT2D eigenvalue weighted by molar-refractivity contribution is 9.10. The standard InChI is InChI=1S/C17H24BrN3O5S/c1-4-26-17(23)20-9-7-19(8-10-20)16(22)12-21(27(3,24)25)14-5-6-15(18)13(2)11-14/h5-6,11H,4,7-10,12H2,1-3H3. The second kappa shape index (κ2) is 8.92. The fourth-order valence-corrected chi connectivity index (χ4v) is 3.85. The Morgan fingerprint density at radius 3 is 2.30 bits per heavy atom. The van der Waals surface area contributed by atoms with Crippen molar-refractivity contribution < 1.29 is 22.7 Å². The lowest BCUT2D eigenvalue weighted by Crippen LogP contribution is -2.53. The molecule has 2 rings (SSSR count). The molecule has 1 fully saturated rings. The van der Waals surface area contributed by atoms with E-state index in [0.717, 1.165) is 20.6 Å². The molecular formula is C17H24BrN3O5S. The van der Waals surface area contributed by atoms with E-state index >= 15 is 0 Å². The summed E-state index contributed by atoms with van der Waals surface area (Å²) in [6.45, 7) is 5.02. The highest BCUT2D eigenvalue weighted by Crippen LogP contribution is 2.24. The molecule has 0 unspecified atom stereocenters. The Balaban J connectivity index is 2.07. The summed E-state index contributed by atoms with van der Waals surface area (Å²) in [5.41, 5.74) is 1.31. The number of nitrogens with zero attached hydrogens (tertiary/aromatic N) is 3. The number of rotatable bonds is 5. The molecule has 0 atom stereocenters. The maximum Gasteiger partial charge on any atom is 0.409 e. The smallest absolute Gasteiger partial charge is 0.409 e. The molecule has 2 amide bonds. The summed E-state index contributed by atoms with van der Waals surface area (Å²) < 4.78 is 31.4. The van der Waals surface area contributed by atoms with Crippen molar-refractivity contribution >= 4 is 43.6 Å². The molecule has 0 saturated carbocycles. The number of carbonyl (C=O) groups excluding carboxylic acids is 2. The fraction of sp³-hybridized carbons (Fsp3) is 0.529. The van der Waals surface area contributed by atoms with Crippen LogP contribution in [0.25, 0.3) is 0 Å². The third kappa shape index (κ3) is 5.58. The predicted octanol–water partition coefficient (Wildman–Crippen LogP) is 1.82. The maximum absolute atomic E-state index is 12.7. The first-order valence-electron chi connectivity index (χ1n) is 8.56. The summed E-state index contributed by atoms with van der Waals surface area (Å²) in [5.74, 6) is -0.301. The molecule has 0 N–H and O–H groups in total. The van der Waals surface area contributed by atoms with Crippen LogP contribution in [-0.2, 0) is 19.6 Å². The summed E-state index contributed by atoms with van der Waals surface area (Å²) in [7, 11) is -3.63. The van der Waals surface area contributed by atoms with Gasteiger partial charge in [0.1, 0.15) is 6.54 Å². The molecule has 1 aromatic rings. The third-order valence-corrected chi connectivity index (χ3v) is 6.30. The summed E-state index contributed by atoms with van der Waals surface area (Å²) >= 11 is 3.39. The van der Waals surface area contributed by atoms with Crippen LogP contribution in [0.3, 0.4) is 0 Å². The Hall–Kier alpha value is -1.81. The van der Waals surface area contributed by atoms with Gasteiger partial charge < -0.3 is 14.5 Å². The van der Waals surface area contributed by atoms with Crippen molar-refractivity contribution in [3.05, 3.63) is 28.2 Å². The summed E-state index contributed by atoms with van der Waals surface area (Å²) in [6.07, 6.45) is 0.684. The summed E-state index contributed by atoms with van der Waals surface area (Å²) in [4.78, 5) is 27.5. The number of anilines is 1. The molecule has 150 valence electrons. The van der Waals surface area contributed by atoms with Crippen LogP contribution in [0.2, 0.25) is 0 Å². The summed E-state index contributed by atoms with van der Waals surface area (Å²) in [6, 6.07) is 5.13. The molecule has 1 saturated heterocycles. The molecule has 0 radical (unpaired) electrons. The Bertz CT molecular complexity index is 807. The van der Waals surface area contributed by atoms with E-state index in [4.69, 9.17) is 4.74 Å². The van der Waals surface area contributed by atoms with E-state index in [1.807, 2.05) is 6.92 Å². The highest BCUT2D eigenvalue weighted by atomic mass is 79.9. The van der Waals surface area contributed by atoms with Crippen LogP contribution in [0.15, 0.2) is 22.7 Å². The molecule has 1 heterocycles. The van der Waals surface area contributed by atoms with Gasteiger partial charge in [0.25, 0.3) is 0 Å². The van der Waals surface area contributed by atoms with Gasteiger partial charge in [0.15, 0.2) is 0 Å². The molecule has 10 heteroatoms. The molecule has 1 aliphatic heterocycles. The van der Waals surface area contributed by atoms with Gasteiger partial charge in [0, 0.05) is 30.7 Å². The number of aryl methyl sites for hydroxylation is 1. The topological polar surface area (TPSA) is 87.2 Å². The Morgan fingerprint density at radius 2 is 1.78 bits per heavy atom. The van der Waals surface area contributed by atoms with Gasteiger partial charge >= 0.3 is 6.09 Å². The molecule has 0 spiro atoms. The average Bonchev–Trinajstić information content (AvgIpc) is 2.61. The second-order valence-electron chi connectivity index (χ2n) is 6.27. The SMILES string of the molecule is CCOC(=O)N1CCN(C(=O)CN(c2ccc(Br)c(C)c2)S(C)(=O)=O)CC1. The van der Waals surface area contributed by atoms with Gasteiger partial charge in [-0.15, -0.1) is 0 Å². The number of hydrogen-bond donors (Lipinski definition) is 0. The maximum atomic E-state index is 12.7. The van der Waals surface area contributed by atoms with Gasteiger partial charge in [-0.3, -0.25) is 9.10 Å². The van der Waals surface area contributed by atoms with E-state index in [1.54, 1.807) is 34.9 Å². The van der Waals surface area contributed by atoms with E-state index in [2.05, 4.69) is 15.9 Å². The van der Waals surface area contributed by atoms with Crippen molar-refractivity contribution in [1.82, 2.24) is 9.80 Å². The first kappa shape index (κ1) is 21.5. The van der Waals surface area contributed by atoms with Crippen LogP contribution in [0.1, 0.15) is 12.5 Å². The molecule has 27 heavy (non-hydrogen) atoms. The zero-order chi connectivity index (χ0) is 20.2. The lowest BCUT2D eigenvalue weighted by Gasteiger charge is -2.35. The third-order valence-electron chi connectivity index (χ3n) is 4.27. The minimum Gasteiger partial charge on any atom is -0.450 e. The minimum atomic E-state index is -3.63. The minimum absolute atomic E-state index is 0.278. The zero-order valence-electron chi connectivity index (χ0n) is 15.6. The monoisotopic (exact) mass is 461 g/mol. The molecule has 1 aliphatic rings. The van der Waals surface area contributed by atoms with Crippen LogP contribution in [0, 0.1) is 6.92 Å². The number of sulfonamides is 1. The zero-order valence-corrected chi connectivity index (χ0v) is 18.0. The van der Waals surface area contributed by atoms with E-state index in [0.29, 0.717) is 38.5 Å². The van der Waals surface area contributed by atoms with Crippen molar-refractivity contribution in [1.29, 1.82) is 0 Å². The lowest BCUT2D eigenvalue weighted by molar-refractivity contribution is -0.131. The average molecular weight is 462 g/mol. The van der Waals surface area contributed by atoms with Crippen LogP contribution in [-0.4, -0.2) is 75.8 Å². The number of ether oxygens (including phenoxy) is 1. The van der Waals surface area contributed by atoms with Crippen LogP contribution >= 0.6 is 15.9 Å². The summed E-state index contributed by atoms with van der Waals surface area (Å²) in [5, 5.41) is 0. The fourth-order valence-electron chi connectivity index (χ4n) is 2.76. The highest BCUT2D eigenvalue weighted by Gasteiger charge is 2.28. The molecular weight excluding hydrogens is 438 g/mol. The van der Waals surface area contributed by atoms with Gasteiger partial charge in [0.2, 0.25) is 15.9 Å². The van der Waals surface area contributed by atoms with Crippen molar-refractivity contribution in [2.45, 2.75) is 13.8 Å². The number of amides is 2. The van der Waals surface area contributed by atoms with Gasteiger partial charge in [-0.2, -0.15) is 0 Å².